The van der Waals surface area contributed by atoms with Crippen molar-refractivity contribution in [2.45, 2.75) is 37.4 Å². The van der Waals surface area contributed by atoms with Gasteiger partial charge in [0.2, 0.25) is 11.8 Å². The van der Waals surface area contributed by atoms with Gasteiger partial charge in [0.25, 0.3) is 0 Å². The number of rotatable bonds is 7. The molecule has 0 spiro atoms. The maximum atomic E-state index is 13.7. The van der Waals surface area contributed by atoms with E-state index in [0.29, 0.717) is 18.8 Å². The number of hydrogen-bond acceptors (Lipinski definition) is 4. The SMILES string of the molecule is CCCCN1C(=O)CSc2c(c3ccccc3n2C)[C@@H]1C(=O)NCc1ccccc1OC. The number of nitrogens with one attached hydrogen (secondary N) is 1. The maximum Gasteiger partial charge on any atom is 0.247 e. The van der Waals surface area contributed by atoms with E-state index in [1.165, 1.54) is 11.8 Å². The van der Waals surface area contributed by atoms with Crippen molar-refractivity contribution in [2.24, 2.45) is 7.05 Å². The van der Waals surface area contributed by atoms with Gasteiger partial charge in [-0.3, -0.25) is 9.59 Å². The summed E-state index contributed by atoms with van der Waals surface area (Å²) in [4.78, 5) is 28.6. The van der Waals surface area contributed by atoms with E-state index in [0.717, 1.165) is 45.6 Å². The number of amides is 2. The third-order valence-electron chi connectivity index (χ3n) is 5.97. The fraction of sp³-hybridized carbons (Fsp3) is 0.360. The molecule has 3 aromatic rings. The van der Waals surface area contributed by atoms with Crippen LogP contribution in [0.1, 0.15) is 36.9 Å². The summed E-state index contributed by atoms with van der Waals surface area (Å²) in [5.74, 6) is 0.896. The molecule has 168 valence electrons. The number of carbonyl (C=O) groups excluding carboxylic acids is 2. The van der Waals surface area contributed by atoms with Crippen LogP contribution in [0, 0.1) is 0 Å². The number of methoxy groups -OCH3 is 1. The second kappa shape index (κ2) is 9.69. The molecule has 6 nitrogen and oxygen atoms in total. The van der Waals surface area contributed by atoms with E-state index in [4.69, 9.17) is 4.74 Å². The third-order valence-corrected chi connectivity index (χ3v) is 7.13. The summed E-state index contributed by atoms with van der Waals surface area (Å²) in [5, 5.41) is 5.08. The van der Waals surface area contributed by atoms with Crippen molar-refractivity contribution in [3.05, 3.63) is 59.7 Å². The van der Waals surface area contributed by atoms with E-state index in [-0.39, 0.29) is 11.8 Å². The van der Waals surface area contributed by atoms with Crippen molar-refractivity contribution >= 4 is 34.5 Å². The molecule has 0 aliphatic carbocycles. The molecule has 0 saturated heterocycles. The Kier molecular flexibility index (Phi) is 6.74. The highest BCUT2D eigenvalue weighted by atomic mass is 32.2. The van der Waals surface area contributed by atoms with Gasteiger partial charge in [-0.15, -0.1) is 0 Å². The summed E-state index contributed by atoms with van der Waals surface area (Å²) < 4.78 is 7.53. The predicted octanol–water partition coefficient (Wildman–Crippen LogP) is 4.28. The number of benzene rings is 2. The third kappa shape index (κ3) is 4.09. The minimum absolute atomic E-state index is 0.00109. The molecule has 0 unspecified atom stereocenters. The van der Waals surface area contributed by atoms with Crippen LogP contribution >= 0.6 is 11.8 Å². The van der Waals surface area contributed by atoms with Crippen LogP contribution in [0.4, 0.5) is 0 Å². The first-order valence-electron chi connectivity index (χ1n) is 11.0. The Bertz CT molecular complexity index is 1140. The molecule has 2 aromatic carbocycles. The molecule has 2 heterocycles. The first-order chi connectivity index (χ1) is 15.6. The number of para-hydroxylation sites is 2. The lowest BCUT2D eigenvalue weighted by Gasteiger charge is -2.30. The summed E-state index contributed by atoms with van der Waals surface area (Å²) in [5.41, 5.74) is 2.89. The van der Waals surface area contributed by atoms with Gasteiger partial charge in [0.1, 0.15) is 11.8 Å². The average molecular weight is 452 g/mol. The Morgan fingerprint density at radius 3 is 2.72 bits per heavy atom. The minimum atomic E-state index is -0.667. The molecular formula is C25H29N3O3S. The molecular weight excluding hydrogens is 422 g/mol. The highest BCUT2D eigenvalue weighted by Crippen LogP contribution is 2.41. The van der Waals surface area contributed by atoms with Gasteiger partial charge in [0, 0.05) is 42.2 Å². The van der Waals surface area contributed by atoms with Crippen LogP contribution in [-0.2, 0) is 23.2 Å². The Hall–Kier alpha value is -2.93. The van der Waals surface area contributed by atoms with E-state index in [1.807, 2.05) is 49.5 Å². The van der Waals surface area contributed by atoms with Crippen molar-refractivity contribution < 1.29 is 14.3 Å². The molecule has 1 aliphatic heterocycles. The van der Waals surface area contributed by atoms with Crippen LogP contribution in [0.25, 0.3) is 10.9 Å². The molecule has 0 fully saturated rings. The van der Waals surface area contributed by atoms with Crippen LogP contribution in [0.15, 0.2) is 53.6 Å². The zero-order valence-electron chi connectivity index (χ0n) is 18.8. The molecule has 1 aliphatic rings. The van der Waals surface area contributed by atoms with Gasteiger partial charge in [0.05, 0.1) is 17.9 Å². The molecule has 4 rings (SSSR count). The Balaban J connectivity index is 1.75. The van der Waals surface area contributed by atoms with Gasteiger partial charge >= 0.3 is 0 Å². The highest BCUT2D eigenvalue weighted by molar-refractivity contribution is 8.00. The molecule has 2 amide bonds. The lowest BCUT2D eigenvalue weighted by molar-refractivity contribution is -0.139. The summed E-state index contributed by atoms with van der Waals surface area (Å²) in [6.07, 6.45) is 1.81. The highest BCUT2D eigenvalue weighted by Gasteiger charge is 2.38. The number of unbranched alkanes of at least 4 members (excludes halogenated alkanes) is 1. The van der Waals surface area contributed by atoms with Crippen molar-refractivity contribution in [3.8, 4) is 5.75 Å². The van der Waals surface area contributed by atoms with Gasteiger partial charge in [-0.25, -0.2) is 0 Å². The van der Waals surface area contributed by atoms with Crippen LogP contribution in [0.5, 0.6) is 5.75 Å². The topological polar surface area (TPSA) is 63.6 Å². The number of aryl methyl sites for hydroxylation is 1. The quantitative estimate of drug-likeness (QED) is 0.582. The fourth-order valence-electron chi connectivity index (χ4n) is 4.33. The van der Waals surface area contributed by atoms with Crippen LogP contribution in [0.3, 0.4) is 0 Å². The largest absolute Gasteiger partial charge is 0.496 e. The van der Waals surface area contributed by atoms with Gasteiger partial charge < -0.3 is 19.5 Å². The number of nitrogens with zero attached hydrogens (tertiary/aromatic N) is 2. The first-order valence-corrected chi connectivity index (χ1v) is 11.9. The summed E-state index contributed by atoms with van der Waals surface area (Å²) in [7, 11) is 3.63. The number of fused-ring (bicyclic) bond motifs is 3. The normalized spacial score (nSPS) is 16.0. The van der Waals surface area contributed by atoms with Crippen molar-refractivity contribution in [2.75, 3.05) is 19.4 Å². The molecule has 1 aromatic heterocycles. The molecule has 0 radical (unpaired) electrons. The number of hydrogen-bond donors (Lipinski definition) is 1. The molecule has 7 heteroatoms. The zero-order chi connectivity index (χ0) is 22.7. The summed E-state index contributed by atoms with van der Waals surface area (Å²) >= 11 is 1.52. The predicted molar refractivity (Wildman–Crippen MR) is 128 cm³/mol. The summed E-state index contributed by atoms with van der Waals surface area (Å²) in [6.45, 7) is 2.99. The monoisotopic (exact) mass is 451 g/mol. The molecule has 32 heavy (non-hydrogen) atoms. The smallest absolute Gasteiger partial charge is 0.247 e. The maximum absolute atomic E-state index is 13.7. The Morgan fingerprint density at radius 2 is 1.94 bits per heavy atom. The van der Waals surface area contributed by atoms with E-state index >= 15 is 0 Å². The average Bonchev–Trinajstić information content (AvgIpc) is 3.00. The van der Waals surface area contributed by atoms with E-state index in [1.54, 1.807) is 12.0 Å². The van der Waals surface area contributed by atoms with Gasteiger partial charge in [-0.05, 0) is 18.6 Å². The Morgan fingerprint density at radius 1 is 1.19 bits per heavy atom. The second-order valence-corrected chi connectivity index (χ2v) is 8.92. The molecule has 0 bridgehead atoms. The lowest BCUT2D eigenvalue weighted by Crippen LogP contribution is -2.44. The zero-order valence-corrected chi connectivity index (χ0v) is 19.6. The lowest BCUT2D eigenvalue weighted by atomic mass is 10.0. The molecule has 0 saturated carbocycles. The standard InChI is InChI=1S/C25H29N3O3S/c1-4-5-14-28-21(29)16-32-25-22(18-11-7-8-12-19(18)27(25)2)23(28)24(30)26-15-17-10-6-9-13-20(17)31-3/h6-13,23H,4-5,14-16H2,1-3H3,(H,26,30)/t23-/m1/s1. The van der Waals surface area contributed by atoms with Crippen LogP contribution in [-0.4, -0.2) is 40.7 Å². The molecule has 1 atom stereocenters. The fourth-order valence-corrected chi connectivity index (χ4v) is 5.43. The van der Waals surface area contributed by atoms with Crippen molar-refractivity contribution in [1.82, 2.24) is 14.8 Å². The van der Waals surface area contributed by atoms with Gasteiger partial charge in [0.15, 0.2) is 0 Å². The van der Waals surface area contributed by atoms with E-state index in [9.17, 15) is 9.59 Å². The number of aromatic nitrogens is 1. The van der Waals surface area contributed by atoms with E-state index in [2.05, 4.69) is 22.9 Å². The number of ether oxygens (including phenoxy) is 1. The number of thioether (sulfide) groups is 1. The van der Waals surface area contributed by atoms with Crippen molar-refractivity contribution in [1.29, 1.82) is 0 Å². The summed E-state index contributed by atoms with van der Waals surface area (Å²) in [6, 6.07) is 15.1. The second-order valence-electron chi connectivity index (χ2n) is 7.96. The van der Waals surface area contributed by atoms with Gasteiger partial charge in [-0.1, -0.05) is 61.5 Å². The van der Waals surface area contributed by atoms with E-state index < -0.39 is 6.04 Å². The first kappa shape index (κ1) is 22.3. The molecule has 1 N–H and O–H groups in total. The van der Waals surface area contributed by atoms with Crippen molar-refractivity contribution in [3.63, 3.8) is 0 Å². The number of carbonyl (C=O) groups is 2. The van der Waals surface area contributed by atoms with Gasteiger partial charge in [-0.2, -0.15) is 0 Å². The van der Waals surface area contributed by atoms with Crippen LogP contribution in [0.2, 0.25) is 0 Å². The minimum Gasteiger partial charge on any atom is -0.496 e. The van der Waals surface area contributed by atoms with Crippen LogP contribution < -0.4 is 10.1 Å². The Labute approximate surface area is 192 Å².